The van der Waals surface area contributed by atoms with Crippen molar-refractivity contribution in [3.8, 4) is 5.75 Å². The Hall–Kier alpha value is -2.48. The largest absolute Gasteiger partial charge is 0.463 e. The number of hydrogen-bond acceptors (Lipinski definition) is 10. The Kier molecular flexibility index (Phi) is 7.18. The van der Waals surface area contributed by atoms with Gasteiger partial charge in [0, 0.05) is 36.7 Å². The van der Waals surface area contributed by atoms with Crippen LogP contribution in [0.1, 0.15) is 33.1 Å². The predicted octanol–water partition coefficient (Wildman–Crippen LogP) is 1.89. The van der Waals surface area contributed by atoms with Gasteiger partial charge < -0.3 is 28.4 Å². The highest BCUT2D eigenvalue weighted by Crippen LogP contribution is 2.32. The number of esters is 4. The summed E-state index contributed by atoms with van der Waals surface area (Å²) in [6.45, 7) is -4.03. The molecule has 0 spiro atoms. The summed E-state index contributed by atoms with van der Waals surface area (Å²) in [6.07, 6.45) is -8.28. The second-order valence-corrected chi connectivity index (χ2v) is 7.53. The molecule has 1 saturated heterocycles. The van der Waals surface area contributed by atoms with Crippen molar-refractivity contribution in [1.82, 2.24) is 0 Å². The Bertz CT molecular complexity index is 955. The van der Waals surface area contributed by atoms with E-state index in [4.69, 9.17) is 33.9 Å². The minimum atomic E-state index is -1.73. The van der Waals surface area contributed by atoms with E-state index in [9.17, 15) is 23.6 Å². The lowest BCUT2D eigenvalue weighted by atomic mass is 9.98. The molecule has 1 aliphatic heterocycles. The maximum Gasteiger partial charge on any atom is 0.303 e. The van der Waals surface area contributed by atoms with Crippen LogP contribution < -0.4 is 4.74 Å². The highest BCUT2D eigenvalue weighted by Gasteiger charge is 2.53. The Morgan fingerprint density at radius 2 is 1.56 bits per heavy atom. The van der Waals surface area contributed by atoms with Crippen molar-refractivity contribution >= 4 is 46.5 Å². The van der Waals surface area contributed by atoms with Crippen molar-refractivity contribution in [1.29, 1.82) is 0 Å². The smallest absolute Gasteiger partial charge is 0.303 e. The fraction of sp³-hybridized carbons (Fsp3) is 0.500. The van der Waals surface area contributed by atoms with E-state index in [-0.39, 0.29) is 5.75 Å². The van der Waals surface area contributed by atoms with Gasteiger partial charge in [-0.05, 0) is 40.8 Å². The maximum absolute atomic E-state index is 14.5. The van der Waals surface area contributed by atoms with Crippen LogP contribution in [-0.4, -0.2) is 61.2 Å². The van der Waals surface area contributed by atoms with E-state index in [1.165, 1.54) is 12.1 Å². The third kappa shape index (κ3) is 7.29. The van der Waals surface area contributed by atoms with E-state index in [0.717, 1.165) is 6.07 Å². The van der Waals surface area contributed by atoms with Gasteiger partial charge in [0.25, 0.3) is 0 Å². The molecule has 5 atom stereocenters. The summed E-state index contributed by atoms with van der Waals surface area (Å²) in [5.74, 6) is -5.54. The maximum atomic E-state index is 14.5. The van der Waals surface area contributed by atoms with E-state index >= 15 is 0 Å². The second-order valence-electron chi connectivity index (χ2n) is 6.28. The van der Waals surface area contributed by atoms with Crippen molar-refractivity contribution in [3.05, 3.63) is 27.6 Å². The molecule has 32 heavy (non-hydrogen) atoms. The molecule has 1 fully saturated rings. The van der Waals surface area contributed by atoms with Gasteiger partial charge in [0.15, 0.2) is 23.8 Å². The third-order valence-electron chi connectivity index (χ3n) is 3.94. The number of rotatable bonds is 7. The standard InChI is InChI=1S/C20H22FIO10/c1-9(23)27-8-16-17(28-10(2)24)18(29-11(3)25)19(30-12(4)26)20(32-16)31-15-6-5-13(22)7-14(15)21/h5-7,16-20H,8H2,1-4H3/t16-,17-,18+,19+,20?/m1/s1/i1D,2D,3D,4D. The molecule has 10 nitrogen and oxygen atoms in total. The Morgan fingerprint density at radius 3 is 2.16 bits per heavy atom. The summed E-state index contributed by atoms with van der Waals surface area (Å²) in [6, 6.07) is 3.88. The number of hydrogen-bond donors (Lipinski definition) is 0. The molecule has 1 aliphatic rings. The molecule has 0 aliphatic carbocycles. The van der Waals surface area contributed by atoms with Gasteiger partial charge in [-0.3, -0.25) is 19.2 Å². The van der Waals surface area contributed by atoms with Gasteiger partial charge in [0.05, 0.1) is 0 Å². The summed E-state index contributed by atoms with van der Waals surface area (Å²) in [4.78, 5) is 47.6. The van der Waals surface area contributed by atoms with Crippen LogP contribution in [0.3, 0.4) is 0 Å². The molecule has 0 radical (unpaired) electrons. The first-order valence-electron chi connectivity index (χ1n) is 11.6. The first-order valence-corrected chi connectivity index (χ1v) is 9.89. The summed E-state index contributed by atoms with van der Waals surface area (Å²) >= 11 is 1.86. The van der Waals surface area contributed by atoms with Gasteiger partial charge in [0.1, 0.15) is 12.7 Å². The van der Waals surface area contributed by atoms with E-state index < -0.39 is 94.6 Å². The lowest BCUT2D eigenvalue weighted by Crippen LogP contribution is -2.63. The molecule has 0 amide bonds. The van der Waals surface area contributed by atoms with E-state index in [2.05, 4.69) is 0 Å². The highest BCUT2D eigenvalue weighted by molar-refractivity contribution is 14.1. The van der Waals surface area contributed by atoms with Gasteiger partial charge in [0.2, 0.25) is 12.4 Å². The zero-order valence-electron chi connectivity index (χ0n) is 20.5. The summed E-state index contributed by atoms with van der Waals surface area (Å²) < 4.78 is 75.5. The molecule has 1 aromatic rings. The first-order chi connectivity index (χ1) is 17.1. The van der Waals surface area contributed by atoms with Crippen LogP contribution in [0.5, 0.6) is 5.75 Å². The topological polar surface area (TPSA) is 124 Å². The Labute approximate surface area is 202 Å². The van der Waals surface area contributed by atoms with Crippen LogP contribution in [0, 0.1) is 9.39 Å². The van der Waals surface area contributed by atoms with Crippen molar-refractivity contribution in [2.75, 3.05) is 6.61 Å². The van der Waals surface area contributed by atoms with Gasteiger partial charge in [-0.25, -0.2) is 4.39 Å². The van der Waals surface area contributed by atoms with E-state index in [1.807, 2.05) is 22.6 Å². The van der Waals surface area contributed by atoms with Crippen molar-refractivity contribution in [3.63, 3.8) is 0 Å². The average molecular weight is 572 g/mol. The number of halogens is 2. The average Bonchev–Trinajstić information content (AvgIpc) is 2.86. The van der Waals surface area contributed by atoms with Gasteiger partial charge in [-0.1, -0.05) is 0 Å². The molecule has 1 aromatic carbocycles. The van der Waals surface area contributed by atoms with Gasteiger partial charge in [-0.2, -0.15) is 0 Å². The molecule has 176 valence electrons. The SMILES string of the molecule is [2H]CC(=O)OC[C@H]1OC(Oc2ccc(I)cc2F)[C@@H](OC(=O)C[2H])[C@@H](OC(=O)C[2H])[C@@H]1OC(=O)C[2H]. The summed E-state index contributed by atoms with van der Waals surface area (Å²) in [5.41, 5.74) is 0. The van der Waals surface area contributed by atoms with Crippen LogP contribution in [0.2, 0.25) is 0 Å². The van der Waals surface area contributed by atoms with E-state index in [0.29, 0.717) is 3.57 Å². The van der Waals surface area contributed by atoms with Crippen LogP contribution in [-0.2, 0) is 42.9 Å². The molecular formula is C20H22FIO10. The fourth-order valence-corrected chi connectivity index (χ4v) is 3.29. The summed E-state index contributed by atoms with van der Waals surface area (Å²) in [7, 11) is 0. The lowest BCUT2D eigenvalue weighted by molar-refractivity contribution is -0.288. The summed E-state index contributed by atoms with van der Waals surface area (Å²) in [5, 5.41) is 0. The molecule has 0 N–H and O–H groups in total. The quantitative estimate of drug-likeness (QED) is 0.272. The molecule has 12 heteroatoms. The Balaban J connectivity index is 2.53. The number of ether oxygens (including phenoxy) is 6. The fourth-order valence-electron chi connectivity index (χ4n) is 2.84. The molecule has 1 heterocycles. The first kappa shape index (κ1) is 20.1. The molecule has 0 bridgehead atoms. The minimum absolute atomic E-state index is 0.360. The predicted molar refractivity (Wildman–Crippen MR) is 112 cm³/mol. The molecule has 0 aromatic heterocycles. The van der Waals surface area contributed by atoms with Crippen molar-refractivity contribution in [2.24, 2.45) is 0 Å². The monoisotopic (exact) mass is 572 g/mol. The molecular weight excluding hydrogens is 546 g/mol. The zero-order valence-corrected chi connectivity index (χ0v) is 18.7. The van der Waals surface area contributed by atoms with Crippen LogP contribution in [0.25, 0.3) is 0 Å². The number of carbonyl (C=O) groups excluding carboxylic acids is 4. The normalized spacial score (nSPS) is 26.4. The Morgan fingerprint density at radius 1 is 0.969 bits per heavy atom. The van der Waals surface area contributed by atoms with Crippen LogP contribution in [0.4, 0.5) is 4.39 Å². The molecule has 2 rings (SSSR count). The van der Waals surface area contributed by atoms with Gasteiger partial charge in [-0.15, -0.1) is 0 Å². The number of carbonyl (C=O) groups is 4. The lowest BCUT2D eigenvalue weighted by Gasteiger charge is -2.43. The molecule has 1 unspecified atom stereocenters. The second kappa shape index (κ2) is 11.4. The van der Waals surface area contributed by atoms with Gasteiger partial charge >= 0.3 is 23.9 Å². The van der Waals surface area contributed by atoms with Crippen LogP contribution >= 0.6 is 22.6 Å². The third-order valence-corrected chi connectivity index (χ3v) is 4.61. The van der Waals surface area contributed by atoms with Crippen molar-refractivity contribution < 1.29 is 57.5 Å². The highest BCUT2D eigenvalue weighted by atomic mass is 127. The number of benzene rings is 1. The zero-order chi connectivity index (χ0) is 26.8. The van der Waals surface area contributed by atoms with Crippen LogP contribution in [0.15, 0.2) is 18.2 Å². The van der Waals surface area contributed by atoms with Crippen molar-refractivity contribution in [2.45, 2.75) is 58.3 Å². The van der Waals surface area contributed by atoms with E-state index in [1.54, 1.807) is 0 Å². The molecule has 0 saturated carbocycles. The minimum Gasteiger partial charge on any atom is -0.463 e.